The molecule has 0 unspecified atom stereocenters. The number of allylic oxidation sites excluding steroid dienone is 1. The number of fused-ring (bicyclic) bond motifs is 1. The number of hydrazine groups is 1. The van der Waals surface area contributed by atoms with Gasteiger partial charge in [-0.1, -0.05) is 17.7 Å². The second-order valence-corrected chi connectivity index (χ2v) is 6.18. The minimum Gasteiger partial charge on any atom is -0.401 e. The molecule has 6 nitrogen and oxygen atoms in total. The van der Waals surface area contributed by atoms with Gasteiger partial charge in [-0.3, -0.25) is 4.79 Å². The van der Waals surface area contributed by atoms with Crippen molar-refractivity contribution in [3.05, 3.63) is 64.3 Å². The molecule has 0 aliphatic carbocycles. The summed E-state index contributed by atoms with van der Waals surface area (Å²) in [7, 11) is 1.00. The summed E-state index contributed by atoms with van der Waals surface area (Å²) in [4.78, 5) is 13.4. The highest BCUT2D eigenvalue weighted by Crippen LogP contribution is 2.37. The molecule has 0 saturated heterocycles. The number of carbonyl (C=O) groups excluding carboxylic acids is 1. The molecule has 2 aromatic rings. The predicted molar refractivity (Wildman–Crippen MR) is 106 cm³/mol. The van der Waals surface area contributed by atoms with Crippen molar-refractivity contribution >= 4 is 35.0 Å². The molecule has 26 heavy (non-hydrogen) atoms. The molecule has 0 radical (unpaired) electrons. The van der Waals surface area contributed by atoms with Crippen LogP contribution in [0.2, 0.25) is 5.02 Å². The third-order valence-electron chi connectivity index (χ3n) is 4.07. The van der Waals surface area contributed by atoms with E-state index in [9.17, 15) is 4.79 Å². The molecule has 1 heterocycles. The van der Waals surface area contributed by atoms with Crippen molar-refractivity contribution in [1.82, 2.24) is 5.01 Å². The first-order chi connectivity index (χ1) is 12.5. The fraction of sp³-hybridized carbons (Fsp3) is 0.211. The van der Waals surface area contributed by atoms with E-state index in [1.807, 2.05) is 43.3 Å². The van der Waals surface area contributed by atoms with E-state index >= 15 is 0 Å². The number of carbonyl (C=O) groups is 1. The van der Waals surface area contributed by atoms with Gasteiger partial charge in [-0.2, -0.15) is 0 Å². The van der Waals surface area contributed by atoms with Crippen LogP contribution in [0.4, 0.5) is 11.4 Å². The van der Waals surface area contributed by atoms with Crippen molar-refractivity contribution in [2.75, 3.05) is 25.1 Å². The number of nitrogens with two attached hydrogens (primary N) is 2. The average molecular weight is 375 g/mol. The Morgan fingerprint density at radius 2 is 1.81 bits per heavy atom. The standard InChI is InChI=1S/C18H19ClN4O.CH4O/c1-12(20)18-16-7-2-13(11-24)10-17(16)22(8-9-23(18)21)15-5-3-14(19)4-6-15;1-2/h2-7,10-11H,8-9,20-21H2,1H3;2H,1H3/b18-12-;. The first-order valence-corrected chi connectivity index (χ1v) is 8.45. The Balaban J connectivity index is 0.00000117. The Kier molecular flexibility index (Phi) is 6.63. The highest BCUT2D eigenvalue weighted by Gasteiger charge is 2.24. The Morgan fingerprint density at radius 1 is 1.15 bits per heavy atom. The molecule has 138 valence electrons. The number of hydrogen-bond acceptors (Lipinski definition) is 6. The second kappa shape index (κ2) is 8.71. The van der Waals surface area contributed by atoms with Crippen LogP contribution in [0.15, 0.2) is 48.2 Å². The molecular formula is C19H23ClN4O2. The van der Waals surface area contributed by atoms with Gasteiger partial charge in [0, 0.05) is 41.2 Å². The molecule has 3 rings (SSSR count). The third kappa shape index (κ3) is 3.99. The number of nitrogens with zero attached hydrogens (tertiary/aromatic N) is 2. The maximum Gasteiger partial charge on any atom is 0.150 e. The zero-order chi connectivity index (χ0) is 19.3. The quantitative estimate of drug-likeness (QED) is 0.552. The molecule has 0 fully saturated rings. The van der Waals surface area contributed by atoms with Crippen LogP contribution in [0.5, 0.6) is 0 Å². The van der Waals surface area contributed by atoms with Crippen LogP contribution in [0.1, 0.15) is 22.8 Å². The van der Waals surface area contributed by atoms with Gasteiger partial charge in [-0.25, -0.2) is 5.84 Å². The van der Waals surface area contributed by atoms with Gasteiger partial charge in [0.15, 0.2) is 0 Å². The first kappa shape index (κ1) is 19.8. The lowest BCUT2D eigenvalue weighted by molar-refractivity contribution is 0.112. The maximum atomic E-state index is 11.2. The summed E-state index contributed by atoms with van der Waals surface area (Å²) in [6, 6.07) is 13.1. The molecular weight excluding hydrogens is 352 g/mol. The number of anilines is 2. The Labute approximate surface area is 158 Å². The number of rotatable bonds is 2. The fourth-order valence-electron chi connectivity index (χ4n) is 2.97. The van der Waals surface area contributed by atoms with Gasteiger partial charge >= 0.3 is 0 Å². The first-order valence-electron chi connectivity index (χ1n) is 8.07. The molecule has 0 aromatic heterocycles. The fourth-order valence-corrected chi connectivity index (χ4v) is 3.09. The number of halogens is 1. The Hall–Kier alpha value is -2.54. The smallest absolute Gasteiger partial charge is 0.150 e. The molecule has 7 heteroatoms. The lowest BCUT2D eigenvalue weighted by Crippen LogP contribution is -2.34. The molecule has 1 aliphatic heterocycles. The SMILES string of the molecule is C/C(N)=C1\c2ccc(C=O)cc2N(c2ccc(Cl)cc2)CCN1N.CO. The van der Waals surface area contributed by atoms with Gasteiger partial charge in [0.2, 0.25) is 0 Å². The van der Waals surface area contributed by atoms with E-state index in [1.165, 1.54) is 0 Å². The molecule has 2 aromatic carbocycles. The van der Waals surface area contributed by atoms with Crippen LogP contribution in [-0.2, 0) is 0 Å². The van der Waals surface area contributed by atoms with Gasteiger partial charge in [0.1, 0.15) is 6.29 Å². The van der Waals surface area contributed by atoms with Gasteiger partial charge < -0.3 is 20.7 Å². The number of hydrogen-bond donors (Lipinski definition) is 3. The van der Waals surface area contributed by atoms with E-state index in [0.717, 1.165) is 36.0 Å². The highest BCUT2D eigenvalue weighted by atomic mass is 35.5. The van der Waals surface area contributed by atoms with Crippen molar-refractivity contribution in [1.29, 1.82) is 0 Å². The summed E-state index contributed by atoms with van der Waals surface area (Å²) in [5.41, 5.74) is 10.9. The van der Waals surface area contributed by atoms with E-state index in [4.69, 9.17) is 28.3 Å². The van der Waals surface area contributed by atoms with Gasteiger partial charge in [0.05, 0.1) is 17.9 Å². The Bertz CT molecular complexity index is 802. The van der Waals surface area contributed by atoms with Crippen molar-refractivity contribution < 1.29 is 9.90 Å². The van der Waals surface area contributed by atoms with Crippen LogP contribution < -0.4 is 16.5 Å². The minimum atomic E-state index is 0.595. The van der Waals surface area contributed by atoms with E-state index in [-0.39, 0.29) is 0 Å². The highest BCUT2D eigenvalue weighted by molar-refractivity contribution is 6.30. The zero-order valence-electron chi connectivity index (χ0n) is 14.8. The zero-order valence-corrected chi connectivity index (χ0v) is 15.6. The monoisotopic (exact) mass is 374 g/mol. The summed E-state index contributed by atoms with van der Waals surface area (Å²) in [6.07, 6.45) is 0.837. The summed E-state index contributed by atoms with van der Waals surface area (Å²) in [6.45, 7) is 3.08. The predicted octanol–water partition coefficient (Wildman–Crippen LogP) is 2.74. The van der Waals surface area contributed by atoms with Crippen molar-refractivity contribution in [3.63, 3.8) is 0 Å². The van der Waals surface area contributed by atoms with Crippen LogP contribution in [0, 0.1) is 0 Å². The van der Waals surface area contributed by atoms with Gasteiger partial charge in [-0.15, -0.1) is 0 Å². The summed E-state index contributed by atoms with van der Waals surface area (Å²) >= 11 is 6.00. The van der Waals surface area contributed by atoms with Crippen LogP contribution in [0.25, 0.3) is 5.70 Å². The maximum absolute atomic E-state index is 11.2. The van der Waals surface area contributed by atoms with Crippen molar-refractivity contribution in [3.8, 4) is 0 Å². The molecule has 0 atom stereocenters. The lowest BCUT2D eigenvalue weighted by Gasteiger charge is -2.25. The van der Waals surface area contributed by atoms with Gasteiger partial charge in [0.25, 0.3) is 0 Å². The number of aliphatic hydroxyl groups is 1. The number of aldehydes is 1. The topological polar surface area (TPSA) is 95.8 Å². The largest absolute Gasteiger partial charge is 0.401 e. The average Bonchev–Trinajstić information content (AvgIpc) is 2.79. The number of benzene rings is 2. The second-order valence-electron chi connectivity index (χ2n) is 5.75. The van der Waals surface area contributed by atoms with E-state index < -0.39 is 0 Å². The van der Waals surface area contributed by atoms with Crippen molar-refractivity contribution in [2.45, 2.75) is 6.92 Å². The summed E-state index contributed by atoms with van der Waals surface area (Å²) in [5, 5.41) is 9.33. The lowest BCUT2D eigenvalue weighted by atomic mass is 10.0. The van der Waals surface area contributed by atoms with Crippen molar-refractivity contribution in [2.24, 2.45) is 11.6 Å². The van der Waals surface area contributed by atoms with Crippen LogP contribution in [-0.4, -0.2) is 36.6 Å². The molecule has 0 spiro atoms. The Morgan fingerprint density at radius 3 is 2.38 bits per heavy atom. The molecule has 0 saturated carbocycles. The van der Waals surface area contributed by atoms with E-state index in [1.54, 1.807) is 11.1 Å². The minimum absolute atomic E-state index is 0.595. The van der Waals surface area contributed by atoms with Crippen LogP contribution >= 0.6 is 11.6 Å². The molecule has 5 N–H and O–H groups in total. The van der Waals surface area contributed by atoms with E-state index in [2.05, 4.69) is 4.90 Å². The summed E-state index contributed by atoms with van der Waals surface area (Å²) < 4.78 is 0. The summed E-state index contributed by atoms with van der Waals surface area (Å²) in [5.74, 6) is 6.21. The number of aliphatic hydroxyl groups excluding tert-OH is 1. The normalized spacial score (nSPS) is 15.4. The van der Waals surface area contributed by atoms with E-state index in [0.29, 0.717) is 29.4 Å². The molecule has 0 amide bonds. The molecule has 1 aliphatic rings. The third-order valence-corrected chi connectivity index (χ3v) is 4.32. The van der Waals surface area contributed by atoms with Crippen LogP contribution in [0.3, 0.4) is 0 Å². The van der Waals surface area contributed by atoms with Gasteiger partial charge in [-0.05, 0) is 43.3 Å². The molecule has 0 bridgehead atoms.